The summed E-state index contributed by atoms with van der Waals surface area (Å²) in [5, 5.41) is 6.00. The molecule has 0 saturated heterocycles. The normalized spacial score (nSPS) is 12.9. The summed E-state index contributed by atoms with van der Waals surface area (Å²) >= 11 is 0. The van der Waals surface area contributed by atoms with Crippen molar-refractivity contribution in [3.8, 4) is 0 Å². The van der Waals surface area contributed by atoms with Gasteiger partial charge in [0.25, 0.3) is 5.91 Å². The number of hydrogen-bond donors (Lipinski definition) is 2. The van der Waals surface area contributed by atoms with Gasteiger partial charge in [-0.2, -0.15) is 0 Å². The summed E-state index contributed by atoms with van der Waals surface area (Å²) in [6.45, 7) is 18.0. The fourth-order valence-corrected chi connectivity index (χ4v) is 5.21. The molecule has 2 unspecified atom stereocenters. The van der Waals surface area contributed by atoms with E-state index in [2.05, 4.69) is 24.5 Å². The van der Waals surface area contributed by atoms with E-state index in [1.807, 2.05) is 70.2 Å². The first-order valence-corrected chi connectivity index (χ1v) is 16.0. The molecule has 0 aromatic heterocycles. The van der Waals surface area contributed by atoms with Crippen molar-refractivity contribution in [3.05, 3.63) is 64.7 Å². The average molecular weight is 594 g/mol. The molecule has 2 N–H and O–H groups in total. The molecule has 0 aliphatic rings. The molecule has 0 bridgehead atoms. The van der Waals surface area contributed by atoms with Crippen LogP contribution in [0.1, 0.15) is 115 Å². The van der Waals surface area contributed by atoms with Crippen molar-refractivity contribution < 1.29 is 19.1 Å². The van der Waals surface area contributed by atoms with Gasteiger partial charge in [-0.3, -0.25) is 9.59 Å². The number of carbonyl (C=O) groups is 3. The molecule has 7 heteroatoms. The molecule has 238 valence electrons. The van der Waals surface area contributed by atoms with E-state index in [-0.39, 0.29) is 17.7 Å². The van der Waals surface area contributed by atoms with Crippen LogP contribution in [0.4, 0.5) is 10.5 Å². The molecular weight excluding hydrogens is 538 g/mol. The van der Waals surface area contributed by atoms with Gasteiger partial charge in [-0.25, -0.2) is 4.79 Å². The number of hydrogen-bond acceptors (Lipinski definition) is 4. The zero-order chi connectivity index (χ0) is 32.2. The van der Waals surface area contributed by atoms with Crippen LogP contribution in [-0.2, 0) is 20.7 Å². The van der Waals surface area contributed by atoms with Crippen molar-refractivity contribution in [1.29, 1.82) is 0 Å². The van der Waals surface area contributed by atoms with Crippen LogP contribution < -0.4 is 10.6 Å². The number of nitrogens with zero attached hydrogens (tertiary/aromatic N) is 1. The number of aryl methyl sites for hydroxylation is 3. The van der Waals surface area contributed by atoms with Crippen LogP contribution in [0.2, 0.25) is 0 Å². The van der Waals surface area contributed by atoms with Gasteiger partial charge >= 0.3 is 6.09 Å². The minimum atomic E-state index is -0.876. The predicted molar refractivity (Wildman–Crippen MR) is 176 cm³/mol. The number of ether oxygens (including phenoxy) is 1. The maximum absolute atomic E-state index is 14.5. The lowest BCUT2D eigenvalue weighted by Crippen LogP contribution is -2.53. The van der Waals surface area contributed by atoms with Crippen molar-refractivity contribution in [2.75, 3.05) is 11.9 Å². The molecule has 0 fully saturated rings. The first kappa shape index (κ1) is 35.8. The maximum atomic E-state index is 14.5. The molecule has 2 atom stereocenters. The quantitative estimate of drug-likeness (QED) is 0.203. The fraction of sp³-hybridized carbons (Fsp3) is 0.583. The van der Waals surface area contributed by atoms with Crippen LogP contribution >= 0.6 is 0 Å². The Hall–Kier alpha value is -3.35. The summed E-state index contributed by atoms with van der Waals surface area (Å²) in [6, 6.07) is 12.1. The monoisotopic (exact) mass is 593 g/mol. The molecule has 0 saturated carbocycles. The molecule has 43 heavy (non-hydrogen) atoms. The SMILES string of the molecule is CCCCCCCN(C(=O)C(CC(C)C)NC(=O)OC(C)(C)C)C(C(=O)Nc1c(C)cccc1C)c1ccc(CC)cc1. The largest absolute Gasteiger partial charge is 0.444 e. The van der Waals surface area contributed by atoms with Crippen LogP contribution in [0.25, 0.3) is 0 Å². The first-order chi connectivity index (χ1) is 20.3. The second-order valence-electron chi connectivity index (χ2n) is 13.0. The standard InChI is InChI=1S/C36H55N3O4/c1-10-12-13-14-15-23-39(34(41)30(24-25(3)4)37-35(42)43-36(7,8)9)32(29-21-19-28(11-2)20-22-29)33(40)38-31-26(5)17-16-18-27(31)6/h16-22,25,30,32H,10-15,23-24H2,1-9H3,(H,37,42)(H,38,40). The Kier molecular flexibility index (Phi) is 14.2. The smallest absolute Gasteiger partial charge is 0.408 e. The Bertz CT molecular complexity index is 1160. The summed E-state index contributed by atoms with van der Waals surface area (Å²) in [5.41, 5.74) is 3.85. The predicted octanol–water partition coefficient (Wildman–Crippen LogP) is 8.28. The highest BCUT2D eigenvalue weighted by atomic mass is 16.6. The fourth-order valence-electron chi connectivity index (χ4n) is 5.21. The Labute approximate surface area is 260 Å². The highest BCUT2D eigenvalue weighted by Crippen LogP contribution is 2.28. The third kappa shape index (κ3) is 11.7. The number of para-hydroxylation sites is 1. The molecule has 2 rings (SSSR count). The Morgan fingerprint density at radius 3 is 2.02 bits per heavy atom. The van der Waals surface area contributed by atoms with Crippen LogP contribution in [-0.4, -0.2) is 41.0 Å². The summed E-state index contributed by atoms with van der Waals surface area (Å²) in [4.78, 5) is 43.4. The van der Waals surface area contributed by atoms with Crippen molar-refractivity contribution in [3.63, 3.8) is 0 Å². The number of benzene rings is 2. The lowest BCUT2D eigenvalue weighted by atomic mass is 9.97. The number of nitrogens with one attached hydrogen (secondary N) is 2. The van der Waals surface area contributed by atoms with Gasteiger partial charge in [-0.05, 0) is 82.1 Å². The highest BCUT2D eigenvalue weighted by Gasteiger charge is 2.36. The summed E-state index contributed by atoms with van der Waals surface area (Å²) in [6.07, 6.45) is 5.66. The third-order valence-corrected chi connectivity index (χ3v) is 7.47. The zero-order valence-corrected chi connectivity index (χ0v) is 28.0. The number of unbranched alkanes of at least 4 members (excludes halogenated alkanes) is 4. The number of alkyl carbamates (subject to hydrolysis) is 1. The second kappa shape index (κ2) is 17.1. The molecule has 3 amide bonds. The van der Waals surface area contributed by atoms with Crippen LogP contribution in [0.5, 0.6) is 0 Å². The van der Waals surface area contributed by atoms with Gasteiger partial charge < -0.3 is 20.3 Å². The molecule has 0 radical (unpaired) electrons. The van der Waals surface area contributed by atoms with Gasteiger partial charge in [-0.15, -0.1) is 0 Å². The van der Waals surface area contributed by atoms with Crippen LogP contribution in [0.15, 0.2) is 42.5 Å². The molecule has 2 aromatic rings. The van der Waals surface area contributed by atoms with Crippen molar-refractivity contribution >= 4 is 23.6 Å². The lowest BCUT2D eigenvalue weighted by Gasteiger charge is -2.35. The number of carbonyl (C=O) groups excluding carboxylic acids is 3. The number of anilines is 1. The van der Waals surface area contributed by atoms with E-state index in [4.69, 9.17) is 4.74 Å². The lowest BCUT2D eigenvalue weighted by molar-refractivity contribution is -0.141. The molecule has 7 nitrogen and oxygen atoms in total. The molecule has 0 aliphatic carbocycles. The number of amides is 3. The Morgan fingerprint density at radius 1 is 0.884 bits per heavy atom. The molecule has 0 spiro atoms. The zero-order valence-electron chi connectivity index (χ0n) is 28.0. The van der Waals surface area contributed by atoms with E-state index in [0.29, 0.717) is 13.0 Å². The van der Waals surface area contributed by atoms with E-state index in [1.54, 1.807) is 25.7 Å². The highest BCUT2D eigenvalue weighted by molar-refractivity contribution is 5.99. The van der Waals surface area contributed by atoms with Gasteiger partial charge in [-0.1, -0.05) is 95.8 Å². The summed E-state index contributed by atoms with van der Waals surface area (Å²) in [7, 11) is 0. The molecule has 0 aliphatic heterocycles. The van der Waals surface area contributed by atoms with E-state index >= 15 is 0 Å². The summed E-state index contributed by atoms with van der Waals surface area (Å²) in [5.74, 6) is -0.429. The van der Waals surface area contributed by atoms with E-state index in [9.17, 15) is 14.4 Å². The van der Waals surface area contributed by atoms with Gasteiger partial charge in [0.05, 0.1) is 0 Å². The minimum absolute atomic E-state index is 0.126. The molecule has 2 aromatic carbocycles. The third-order valence-electron chi connectivity index (χ3n) is 7.47. The van der Waals surface area contributed by atoms with Gasteiger partial charge in [0.1, 0.15) is 17.7 Å². The van der Waals surface area contributed by atoms with Crippen molar-refractivity contribution in [2.45, 2.75) is 125 Å². The van der Waals surface area contributed by atoms with Crippen molar-refractivity contribution in [1.82, 2.24) is 10.2 Å². The van der Waals surface area contributed by atoms with Gasteiger partial charge in [0.2, 0.25) is 5.91 Å². The van der Waals surface area contributed by atoms with Gasteiger partial charge in [0.15, 0.2) is 0 Å². The minimum Gasteiger partial charge on any atom is -0.444 e. The summed E-state index contributed by atoms with van der Waals surface area (Å²) < 4.78 is 5.53. The topological polar surface area (TPSA) is 87.7 Å². The van der Waals surface area contributed by atoms with E-state index in [1.165, 1.54) is 0 Å². The van der Waals surface area contributed by atoms with Crippen LogP contribution in [0.3, 0.4) is 0 Å². The van der Waals surface area contributed by atoms with E-state index < -0.39 is 23.8 Å². The Morgan fingerprint density at radius 2 is 1.49 bits per heavy atom. The molecule has 0 heterocycles. The average Bonchev–Trinajstić information content (AvgIpc) is 2.92. The van der Waals surface area contributed by atoms with Gasteiger partial charge in [0, 0.05) is 12.2 Å². The first-order valence-electron chi connectivity index (χ1n) is 16.0. The van der Waals surface area contributed by atoms with Crippen LogP contribution in [0, 0.1) is 19.8 Å². The molecular formula is C36H55N3O4. The van der Waals surface area contributed by atoms with E-state index in [0.717, 1.165) is 66.5 Å². The Balaban J connectivity index is 2.59. The van der Waals surface area contributed by atoms with Crippen molar-refractivity contribution in [2.24, 2.45) is 5.92 Å². The maximum Gasteiger partial charge on any atom is 0.408 e. The second-order valence-corrected chi connectivity index (χ2v) is 13.0. The number of rotatable bonds is 15.